The maximum absolute atomic E-state index is 13.0. The Bertz CT molecular complexity index is 1200. The molecule has 4 rings (SSSR count). The van der Waals surface area contributed by atoms with Crippen molar-refractivity contribution in [3.63, 3.8) is 0 Å². The van der Waals surface area contributed by atoms with E-state index >= 15 is 0 Å². The molecule has 27 heavy (non-hydrogen) atoms. The van der Waals surface area contributed by atoms with E-state index in [9.17, 15) is 18.0 Å². The van der Waals surface area contributed by atoms with Crippen LogP contribution >= 0.6 is 11.6 Å². The van der Waals surface area contributed by atoms with E-state index in [1.165, 1.54) is 36.4 Å². The molecule has 0 unspecified atom stereocenters. The maximum atomic E-state index is 13.0. The van der Waals surface area contributed by atoms with Crippen LogP contribution in [0.15, 0.2) is 71.6 Å². The second-order valence-corrected chi connectivity index (χ2v) is 7.80. The highest BCUT2D eigenvalue weighted by Crippen LogP contribution is 2.38. The number of hydrogen-bond acceptors (Lipinski definition) is 5. The number of rotatable bonds is 3. The standard InChI is InChI=1S/C20H11ClO5S/c21-15-10-11-16(26-27(24,25)12-6-2-1-3-7-12)18-17(15)19(22)13-8-4-5-9-14(13)20(18)23/h1-11H. The molecular formula is C20H11ClO5S. The van der Waals surface area contributed by atoms with Gasteiger partial charge in [0.25, 0.3) is 0 Å². The zero-order chi connectivity index (χ0) is 19.2. The van der Waals surface area contributed by atoms with Gasteiger partial charge in [0, 0.05) is 11.1 Å². The fourth-order valence-corrected chi connectivity index (χ4v) is 4.18. The zero-order valence-electron chi connectivity index (χ0n) is 13.7. The van der Waals surface area contributed by atoms with E-state index in [1.807, 2.05) is 0 Å². The van der Waals surface area contributed by atoms with Crippen LogP contribution in [0, 0.1) is 0 Å². The summed E-state index contributed by atoms with van der Waals surface area (Å²) < 4.78 is 30.3. The second kappa shape index (κ2) is 6.33. The van der Waals surface area contributed by atoms with Crippen molar-refractivity contribution in [3.05, 3.63) is 94.0 Å². The summed E-state index contributed by atoms with van der Waals surface area (Å²) in [6.45, 7) is 0. The average molecular weight is 399 g/mol. The lowest BCUT2D eigenvalue weighted by Gasteiger charge is -2.20. The van der Waals surface area contributed by atoms with Crippen LogP contribution in [0.3, 0.4) is 0 Å². The first kappa shape index (κ1) is 17.5. The smallest absolute Gasteiger partial charge is 0.339 e. The maximum Gasteiger partial charge on any atom is 0.339 e. The Hall–Kier alpha value is -2.96. The summed E-state index contributed by atoms with van der Waals surface area (Å²) in [5.41, 5.74) is 0.200. The lowest BCUT2D eigenvalue weighted by atomic mass is 9.83. The average Bonchev–Trinajstić information content (AvgIpc) is 2.68. The molecule has 5 nitrogen and oxygen atoms in total. The molecule has 0 aliphatic heterocycles. The van der Waals surface area contributed by atoms with Crippen molar-refractivity contribution >= 4 is 33.3 Å². The van der Waals surface area contributed by atoms with Crippen LogP contribution < -0.4 is 4.18 Å². The third kappa shape index (κ3) is 2.83. The molecule has 0 saturated heterocycles. The molecule has 0 saturated carbocycles. The van der Waals surface area contributed by atoms with Crippen LogP contribution in [0.1, 0.15) is 31.8 Å². The molecule has 0 heterocycles. The van der Waals surface area contributed by atoms with Gasteiger partial charge >= 0.3 is 10.1 Å². The third-order valence-corrected chi connectivity index (χ3v) is 5.78. The molecule has 1 aliphatic carbocycles. The minimum atomic E-state index is -4.18. The minimum Gasteiger partial charge on any atom is -0.378 e. The summed E-state index contributed by atoms with van der Waals surface area (Å²) in [5, 5.41) is 0.0577. The van der Waals surface area contributed by atoms with E-state index in [4.69, 9.17) is 15.8 Å². The Morgan fingerprint density at radius 3 is 1.89 bits per heavy atom. The monoisotopic (exact) mass is 398 g/mol. The van der Waals surface area contributed by atoms with Crippen LogP contribution in [0.2, 0.25) is 5.02 Å². The van der Waals surface area contributed by atoms with Gasteiger partial charge in [-0.1, -0.05) is 54.1 Å². The van der Waals surface area contributed by atoms with Gasteiger partial charge < -0.3 is 4.18 Å². The summed E-state index contributed by atoms with van der Waals surface area (Å²) in [6.07, 6.45) is 0. The van der Waals surface area contributed by atoms with Crippen LogP contribution in [0.5, 0.6) is 5.75 Å². The first-order valence-electron chi connectivity index (χ1n) is 7.90. The summed E-state index contributed by atoms with van der Waals surface area (Å²) in [5.74, 6) is -1.19. The van der Waals surface area contributed by atoms with Gasteiger partial charge in [-0.2, -0.15) is 8.42 Å². The normalized spacial score (nSPS) is 13.1. The molecule has 0 N–H and O–H groups in total. The van der Waals surface area contributed by atoms with Crippen molar-refractivity contribution in [2.45, 2.75) is 4.90 Å². The van der Waals surface area contributed by atoms with E-state index in [-0.39, 0.29) is 37.9 Å². The molecule has 3 aromatic rings. The summed E-state index contributed by atoms with van der Waals surface area (Å²) in [7, 11) is -4.18. The molecule has 0 spiro atoms. The molecule has 0 fully saturated rings. The number of halogens is 1. The Morgan fingerprint density at radius 1 is 0.704 bits per heavy atom. The van der Waals surface area contributed by atoms with Gasteiger partial charge in [-0.05, 0) is 24.3 Å². The Balaban J connectivity index is 1.89. The molecule has 1 aliphatic rings. The van der Waals surface area contributed by atoms with E-state index in [0.29, 0.717) is 0 Å². The topological polar surface area (TPSA) is 77.5 Å². The van der Waals surface area contributed by atoms with Crippen LogP contribution in [-0.2, 0) is 10.1 Å². The van der Waals surface area contributed by atoms with E-state index in [1.54, 1.807) is 30.3 Å². The quantitative estimate of drug-likeness (QED) is 0.489. The first-order valence-corrected chi connectivity index (χ1v) is 9.69. The van der Waals surface area contributed by atoms with Crippen LogP contribution in [0.4, 0.5) is 0 Å². The highest BCUT2D eigenvalue weighted by molar-refractivity contribution is 7.87. The molecule has 0 radical (unpaired) electrons. The van der Waals surface area contributed by atoms with Crippen molar-refractivity contribution in [1.29, 1.82) is 0 Å². The minimum absolute atomic E-state index is 0.0545. The van der Waals surface area contributed by atoms with E-state index in [2.05, 4.69) is 0 Å². The predicted molar refractivity (Wildman–Crippen MR) is 99.0 cm³/mol. The van der Waals surface area contributed by atoms with Gasteiger partial charge in [0.1, 0.15) is 4.90 Å². The van der Waals surface area contributed by atoms with E-state index < -0.39 is 21.7 Å². The third-order valence-electron chi connectivity index (χ3n) is 4.22. The number of benzene rings is 3. The van der Waals surface area contributed by atoms with Crippen LogP contribution in [0.25, 0.3) is 0 Å². The summed E-state index contributed by atoms with van der Waals surface area (Å²) >= 11 is 6.15. The molecular weight excluding hydrogens is 388 g/mol. The first-order chi connectivity index (χ1) is 12.9. The highest BCUT2D eigenvalue weighted by atomic mass is 35.5. The van der Waals surface area contributed by atoms with E-state index in [0.717, 1.165) is 0 Å². The highest BCUT2D eigenvalue weighted by Gasteiger charge is 2.35. The predicted octanol–water partition coefficient (Wildman–Crippen LogP) is 3.88. The second-order valence-electron chi connectivity index (χ2n) is 5.85. The lowest BCUT2D eigenvalue weighted by Crippen LogP contribution is -2.23. The molecule has 0 atom stereocenters. The van der Waals surface area contributed by atoms with Crippen LogP contribution in [-0.4, -0.2) is 20.0 Å². The number of hydrogen-bond donors (Lipinski definition) is 0. The molecule has 0 aromatic heterocycles. The van der Waals surface area contributed by atoms with Gasteiger partial charge in [0.05, 0.1) is 16.1 Å². The lowest BCUT2D eigenvalue weighted by molar-refractivity contribution is 0.0977. The number of ketones is 2. The molecule has 7 heteroatoms. The number of carbonyl (C=O) groups is 2. The summed E-state index contributed by atoms with van der Waals surface area (Å²) in [4.78, 5) is 25.7. The summed E-state index contributed by atoms with van der Waals surface area (Å²) in [6, 6.07) is 16.5. The fraction of sp³-hybridized carbons (Fsp3) is 0. The number of carbonyl (C=O) groups excluding carboxylic acids is 2. The van der Waals surface area contributed by atoms with Crippen molar-refractivity contribution in [3.8, 4) is 5.75 Å². The Labute approximate surface area is 160 Å². The largest absolute Gasteiger partial charge is 0.378 e. The Morgan fingerprint density at radius 2 is 1.26 bits per heavy atom. The van der Waals surface area contributed by atoms with Gasteiger partial charge in [0.15, 0.2) is 17.3 Å². The van der Waals surface area contributed by atoms with Crippen molar-refractivity contribution in [1.82, 2.24) is 0 Å². The molecule has 3 aromatic carbocycles. The van der Waals surface area contributed by atoms with Crippen molar-refractivity contribution < 1.29 is 22.2 Å². The zero-order valence-corrected chi connectivity index (χ0v) is 15.3. The Kier molecular flexibility index (Phi) is 4.09. The molecule has 0 amide bonds. The van der Waals surface area contributed by atoms with Gasteiger partial charge in [-0.25, -0.2) is 0 Å². The van der Waals surface area contributed by atoms with Gasteiger partial charge in [0.2, 0.25) is 0 Å². The fourth-order valence-electron chi connectivity index (χ4n) is 2.98. The molecule has 134 valence electrons. The van der Waals surface area contributed by atoms with Gasteiger partial charge in [-0.3, -0.25) is 9.59 Å². The molecule has 0 bridgehead atoms. The number of fused-ring (bicyclic) bond motifs is 2. The van der Waals surface area contributed by atoms with Gasteiger partial charge in [-0.15, -0.1) is 0 Å². The van der Waals surface area contributed by atoms with Crippen molar-refractivity contribution in [2.75, 3.05) is 0 Å². The van der Waals surface area contributed by atoms with Crippen molar-refractivity contribution in [2.24, 2.45) is 0 Å². The SMILES string of the molecule is O=C1c2ccccc2C(=O)c2c(OS(=O)(=O)c3ccccc3)ccc(Cl)c21.